The Balaban J connectivity index is 2.31. The van der Waals surface area contributed by atoms with E-state index in [0.29, 0.717) is 30.3 Å². The Morgan fingerprint density at radius 2 is 1.93 bits per heavy atom. The van der Waals surface area contributed by atoms with Crippen molar-refractivity contribution < 1.29 is 14.3 Å². The van der Waals surface area contributed by atoms with E-state index in [1.54, 1.807) is 18.2 Å². The Bertz CT molecular complexity index is 392. The number of nitrogens with two attached hydrogens (primary N) is 2. The minimum atomic E-state index is -0.805. The van der Waals surface area contributed by atoms with Gasteiger partial charge in [0.05, 0.1) is 0 Å². The fourth-order valence-corrected chi connectivity index (χ4v) is 1.42. The highest BCUT2D eigenvalue weighted by Crippen LogP contribution is 2.32. The predicted molar refractivity (Wildman–Crippen MR) is 53.6 cm³/mol. The molecule has 0 aromatic heterocycles. The van der Waals surface area contributed by atoms with Crippen LogP contribution in [0.3, 0.4) is 0 Å². The molecule has 1 amide bonds. The number of benzene rings is 1. The van der Waals surface area contributed by atoms with E-state index in [-0.39, 0.29) is 0 Å². The van der Waals surface area contributed by atoms with Gasteiger partial charge < -0.3 is 20.9 Å². The first kappa shape index (κ1) is 9.79. The van der Waals surface area contributed by atoms with Crippen LogP contribution in [0.4, 0.5) is 0 Å². The largest absolute Gasteiger partial charge is 0.486 e. The van der Waals surface area contributed by atoms with Crippen LogP contribution in [0.1, 0.15) is 11.6 Å². The summed E-state index contributed by atoms with van der Waals surface area (Å²) in [4.78, 5) is 10.9. The number of amides is 1. The second kappa shape index (κ2) is 3.78. The van der Waals surface area contributed by atoms with Crippen LogP contribution >= 0.6 is 0 Å². The second-order valence-electron chi connectivity index (χ2n) is 3.28. The highest BCUT2D eigenvalue weighted by molar-refractivity contribution is 5.81. The summed E-state index contributed by atoms with van der Waals surface area (Å²) in [5.74, 6) is 0.712. The smallest absolute Gasteiger partial charge is 0.238 e. The van der Waals surface area contributed by atoms with Gasteiger partial charge >= 0.3 is 0 Å². The maximum Gasteiger partial charge on any atom is 0.238 e. The molecule has 15 heavy (non-hydrogen) atoms. The summed E-state index contributed by atoms with van der Waals surface area (Å²) in [7, 11) is 0. The van der Waals surface area contributed by atoms with Crippen molar-refractivity contribution in [3.05, 3.63) is 23.8 Å². The maximum atomic E-state index is 10.9. The number of primary amides is 1. The molecule has 2 rings (SSSR count). The van der Waals surface area contributed by atoms with Gasteiger partial charge in [-0.1, -0.05) is 6.07 Å². The van der Waals surface area contributed by atoms with Gasteiger partial charge in [0.15, 0.2) is 11.5 Å². The molecule has 1 aromatic rings. The number of rotatable bonds is 2. The zero-order valence-electron chi connectivity index (χ0n) is 8.10. The summed E-state index contributed by atoms with van der Waals surface area (Å²) in [6, 6.07) is 4.32. The van der Waals surface area contributed by atoms with Crippen molar-refractivity contribution in [3.8, 4) is 11.5 Å². The second-order valence-corrected chi connectivity index (χ2v) is 3.28. The number of carbonyl (C=O) groups is 1. The number of fused-ring (bicyclic) bond motifs is 1. The van der Waals surface area contributed by atoms with Crippen LogP contribution in [-0.4, -0.2) is 19.1 Å². The summed E-state index contributed by atoms with van der Waals surface area (Å²) in [5.41, 5.74) is 11.3. The molecule has 0 fully saturated rings. The molecule has 4 N–H and O–H groups in total. The lowest BCUT2D eigenvalue weighted by molar-refractivity contribution is -0.119. The van der Waals surface area contributed by atoms with Gasteiger partial charge in [0.1, 0.15) is 19.3 Å². The van der Waals surface area contributed by atoms with Gasteiger partial charge in [-0.15, -0.1) is 0 Å². The van der Waals surface area contributed by atoms with Gasteiger partial charge in [-0.05, 0) is 17.7 Å². The van der Waals surface area contributed by atoms with Gasteiger partial charge in [-0.3, -0.25) is 4.79 Å². The average Bonchev–Trinajstić information content (AvgIpc) is 2.27. The minimum absolute atomic E-state index is 0.502. The highest BCUT2D eigenvalue weighted by Gasteiger charge is 2.17. The molecule has 0 saturated carbocycles. The van der Waals surface area contributed by atoms with E-state index in [9.17, 15) is 4.79 Å². The summed E-state index contributed by atoms with van der Waals surface area (Å²) >= 11 is 0. The highest BCUT2D eigenvalue weighted by atomic mass is 16.6. The normalized spacial score (nSPS) is 15.8. The molecule has 1 aromatic carbocycles. The third-order valence-electron chi connectivity index (χ3n) is 2.23. The van der Waals surface area contributed by atoms with Crippen LogP contribution in [-0.2, 0) is 4.79 Å². The van der Waals surface area contributed by atoms with E-state index in [1.165, 1.54) is 0 Å². The lowest BCUT2D eigenvalue weighted by Gasteiger charge is -2.19. The molecule has 0 unspecified atom stereocenters. The van der Waals surface area contributed by atoms with Crippen LogP contribution < -0.4 is 20.9 Å². The summed E-state index contributed by atoms with van der Waals surface area (Å²) in [5, 5.41) is 0. The van der Waals surface area contributed by atoms with Crippen molar-refractivity contribution in [3.63, 3.8) is 0 Å². The van der Waals surface area contributed by atoms with Crippen LogP contribution in [0.15, 0.2) is 18.2 Å². The van der Waals surface area contributed by atoms with E-state index in [2.05, 4.69) is 0 Å². The van der Waals surface area contributed by atoms with Crippen LogP contribution in [0.25, 0.3) is 0 Å². The van der Waals surface area contributed by atoms with E-state index in [1.807, 2.05) is 0 Å². The first-order valence-corrected chi connectivity index (χ1v) is 4.63. The first-order chi connectivity index (χ1) is 7.18. The fourth-order valence-electron chi connectivity index (χ4n) is 1.42. The summed E-state index contributed by atoms with van der Waals surface area (Å²) in [6.07, 6.45) is 0. The third kappa shape index (κ3) is 1.87. The number of carbonyl (C=O) groups excluding carboxylic acids is 1. The molecule has 1 atom stereocenters. The van der Waals surface area contributed by atoms with Crippen LogP contribution in [0.5, 0.6) is 11.5 Å². The molecular formula is C10H12N2O3. The van der Waals surface area contributed by atoms with Crippen molar-refractivity contribution in [1.29, 1.82) is 0 Å². The van der Waals surface area contributed by atoms with E-state index >= 15 is 0 Å². The maximum absolute atomic E-state index is 10.9. The monoisotopic (exact) mass is 208 g/mol. The molecule has 0 aliphatic carbocycles. The lowest BCUT2D eigenvalue weighted by Crippen LogP contribution is -2.28. The van der Waals surface area contributed by atoms with E-state index in [4.69, 9.17) is 20.9 Å². The third-order valence-corrected chi connectivity index (χ3v) is 2.23. The molecule has 1 aliphatic heterocycles. The van der Waals surface area contributed by atoms with Crippen molar-refractivity contribution in [2.45, 2.75) is 6.04 Å². The molecule has 0 radical (unpaired) electrons. The standard InChI is InChI=1S/C10H12N2O3/c11-9(10(12)13)6-1-2-7-8(5-6)15-4-3-14-7/h1-2,5,9H,3-4,11H2,(H2,12,13)/t9-/m0/s1. The van der Waals surface area contributed by atoms with Gasteiger partial charge in [0, 0.05) is 0 Å². The molecule has 5 nitrogen and oxygen atoms in total. The molecule has 80 valence electrons. The molecule has 0 spiro atoms. The van der Waals surface area contributed by atoms with Crippen molar-refractivity contribution in [2.24, 2.45) is 11.5 Å². The fraction of sp³-hybridized carbons (Fsp3) is 0.300. The zero-order valence-corrected chi connectivity index (χ0v) is 8.10. The number of hydrogen-bond acceptors (Lipinski definition) is 4. The molecule has 0 saturated heterocycles. The van der Waals surface area contributed by atoms with Gasteiger partial charge in [-0.25, -0.2) is 0 Å². The molecular weight excluding hydrogens is 196 g/mol. The van der Waals surface area contributed by atoms with Crippen molar-refractivity contribution >= 4 is 5.91 Å². The summed E-state index contributed by atoms with van der Waals surface area (Å²) < 4.78 is 10.7. The van der Waals surface area contributed by atoms with Gasteiger partial charge in [0.2, 0.25) is 5.91 Å². The summed E-state index contributed by atoms with van der Waals surface area (Å²) in [6.45, 7) is 1.04. The molecule has 1 heterocycles. The Kier molecular flexibility index (Phi) is 2.47. The Labute approximate surface area is 87.0 Å². The number of hydrogen-bond donors (Lipinski definition) is 2. The quantitative estimate of drug-likeness (QED) is 0.712. The predicted octanol–water partition coefficient (Wildman–Crippen LogP) is -0.0571. The number of ether oxygens (including phenoxy) is 2. The van der Waals surface area contributed by atoms with E-state index < -0.39 is 11.9 Å². The Morgan fingerprint density at radius 1 is 1.27 bits per heavy atom. The average molecular weight is 208 g/mol. The zero-order chi connectivity index (χ0) is 10.8. The first-order valence-electron chi connectivity index (χ1n) is 4.63. The lowest BCUT2D eigenvalue weighted by atomic mass is 10.1. The molecule has 5 heteroatoms. The Morgan fingerprint density at radius 3 is 2.60 bits per heavy atom. The van der Waals surface area contributed by atoms with E-state index in [0.717, 1.165) is 0 Å². The molecule has 0 bridgehead atoms. The SMILES string of the molecule is NC(=O)[C@@H](N)c1ccc2c(c1)OCCO2. The molecule has 1 aliphatic rings. The van der Waals surface area contributed by atoms with Crippen molar-refractivity contribution in [1.82, 2.24) is 0 Å². The van der Waals surface area contributed by atoms with Crippen LogP contribution in [0, 0.1) is 0 Å². The topological polar surface area (TPSA) is 87.6 Å². The van der Waals surface area contributed by atoms with Gasteiger partial charge in [0.25, 0.3) is 0 Å². The van der Waals surface area contributed by atoms with Crippen LogP contribution in [0.2, 0.25) is 0 Å². The Hall–Kier alpha value is -1.75. The minimum Gasteiger partial charge on any atom is -0.486 e. The van der Waals surface area contributed by atoms with Crippen molar-refractivity contribution in [2.75, 3.05) is 13.2 Å². The van der Waals surface area contributed by atoms with Gasteiger partial charge in [-0.2, -0.15) is 0 Å².